The van der Waals surface area contributed by atoms with Crippen LogP contribution in [0.5, 0.6) is 0 Å². The minimum atomic E-state index is 0.112. The molecule has 0 N–H and O–H groups in total. The number of rotatable bonds is 3. The van der Waals surface area contributed by atoms with Gasteiger partial charge in [-0.2, -0.15) is 0 Å². The van der Waals surface area contributed by atoms with Crippen molar-refractivity contribution < 1.29 is 4.79 Å². The van der Waals surface area contributed by atoms with E-state index in [1.165, 1.54) is 50.1 Å². The number of carbonyl (C=O) groups excluding carboxylic acids is 1. The molecule has 29 heavy (non-hydrogen) atoms. The molecule has 2 aliphatic heterocycles. The third kappa shape index (κ3) is 4.79. The van der Waals surface area contributed by atoms with Crippen LogP contribution < -0.4 is 0 Å². The van der Waals surface area contributed by atoms with E-state index in [0.717, 1.165) is 47.1 Å². The molecule has 3 heterocycles. The Morgan fingerprint density at radius 2 is 1.72 bits per heavy atom. The SMILES string of the molecule is Cc1nc(-c2ccc(Cl)c(Cl)c2)sc1C(=O)N1CCC(N2CCCCCC2)CC1. The van der Waals surface area contributed by atoms with E-state index < -0.39 is 0 Å². The second kappa shape index (κ2) is 9.34. The van der Waals surface area contributed by atoms with Crippen molar-refractivity contribution in [1.29, 1.82) is 0 Å². The van der Waals surface area contributed by atoms with Crippen LogP contribution in [0.3, 0.4) is 0 Å². The molecule has 2 saturated heterocycles. The summed E-state index contributed by atoms with van der Waals surface area (Å²) in [7, 11) is 0. The molecule has 2 fully saturated rings. The molecule has 0 bridgehead atoms. The lowest BCUT2D eigenvalue weighted by atomic mass is 10.0. The molecule has 0 radical (unpaired) electrons. The molecule has 4 nitrogen and oxygen atoms in total. The standard InChI is InChI=1S/C22H27Cl2N3OS/c1-15-20(29-21(25-15)16-6-7-18(23)19(24)14-16)22(28)27-12-8-17(9-13-27)26-10-4-2-3-5-11-26/h6-7,14,17H,2-5,8-13H2,1H3. The van der Waals surface area contributed by atoms with Gasteiger partial charge in [0.25, 0.3) is 5.91 Å². The smallest absolute Gasteiger partial charge is 0.265 e. The van der Waals surface area contributed by atoms with Crippen LogP contribution in [0.2, 0.25) is 10.0 Å². The maximum Gasteiger partial charge on any atom is 0.265 e. The Kier molecular flexibility index (Phi) is 6.80. The molecule has 7 heteroatoms. The monoisotopic (exact) mass is 451 g/mol. The van der Waals surface area contributed by atoms with E-state index in [1.807, 2.05) is 24.0 Å². The number of hydrogen-bond acceptors (Lipinski definition) is 4. The van der Waals surface area contributed by atoms with Crippen LogP contribution in [0.25, 0.3) is 10.6 Å². The first-order valence-electron chi connectivity index (χ1n) is 10.5. The lowest BCUT2D eigenvalue weighted by Gasteiger charge is -2.38. The second-order valence-corrected chi connectivity index (χ2v) is 9.85. The fourth-order valence-corrected chi connectivity index (χ4v) is 5.71. The highest BCUT2D eigenvalue weighted by Gasteiger charge is 2.29. The minimum Gasteiger partial charge on any atom is -0.338 e. The Morgan fingerprint density at radius 3 is 2.38 bits per heavy atom. The minimum absolute atomic E-state index is 0.112. The number of aryl methyl sites for hydroxylation is 1. The van der Waals surface area contributed by atoms with E-state index in [9.17, 15) is 4.79 Å². The fraction of sp³-hybridized carbons (Fsp3) is 0.545. The van der Waals surface area contributed by atoms with Crippen molar-refractivity contribution in [3.8, 4) is 10.6 Å². The zero-order valence-electron chi connectivity index (χ0n) is 16.8. The summed E-state index contributed by atoms with van der Waals surface area (Å²) in [5.41, 5.74) is 1.68. The van der Waals surface area contributed by atoms with Gasteiger partial charge in [0.05, 0.1) is 15.7 Å². The molecule has 0 aliphatic carbocycles. The van der Waals surface area contributed by atoms with Gasteiger partial charge in [0, 0.05) is 24.7 Å². The van der Waals surface area contributed by atoms with Crippen molar-refractivity contribution in [3.05, 3.63) is 38.8 Å². The summed E-state index contributed by atoms with van der Waals surface area (Å²) >= 11 is 13.6. The normalized spacial score (nSPS) is 19.3. The van der Waals surface area contributed by atoms with Gasteiger partial charge in [-0.1, -0.05) is 42.1 Å². The number of piperidine rings is 1. The van der Waals surface area contributed by atoms with E-state index in [2.05, 4.69) is 9.88 Å². The predicted molar refractivity (Wildman–Crippen MR) is 121 cm³/mol. The number of amides is 1. The first-order valence-corrected chi connectivity index (χ1v) is 12.1. The first kappa shape index (κ1) is 21.1. The Bertz CT molecular complexity index is 869. The van der Waals surface area contributed by atoms with Gasteiger partial charge in [-0.3, -0.25) is 4.79 Å². The lowest BCUT2D eigenvalue weighted by molar-refractivity contribution is 0.0626. The van der Waals surface area contributed by atoms with Crippen LogP contribution in [-0.2, 0) is 0 Å². The highest BCUT2D eigenvalue weighted by Crippen LogP contribution is 2.33. The van der Waals surface area contributed by atoms with Crippen molar-refractivity contribution in [2.75, 3.05) is 26.2 Å². The van der Waals surface area contributed by atoms with Gasteiger partial charge in [0.15, 0.2) is 0 Å². The number of nitrogens with zero attached hydrogens (tertiary/aromatic N) is 3. The molecule has 2 aliphatic rings. The lowest BCUT2D eigenvalue weighted by Crippen LogP contribution is -2.47. The molecule has 0 unspecified atom stereocenters. The molecule has 0 atom stereocenters. The van der Waals surface area contributed by atoms with Crippen molar-refractivity contribution in [2.45, 2.75) is 51.5 Å². The zero-order valence-corrected chi connectivity index (χ0v) is 19.1. The molecule has 2 aromatic rings. The second-order valence-electron chi connectivity index (χ2n) is 8.04. The van der Waals surface area contributed by atoms with Crippen LogP contribution in [0.15, 0.2) is 18.2 Å². The molecule has 1 amide bonds. The first-order chi connectivity index (χ1) is 14.0. The Hall–Kier alpha value is -1.14. The van der Waals surface area contributed by atoms with E-state index in [-0.39, 0.29) is 5.91 Å². The van der Waals surface area contributed by atoms with E-state index in [4.69, 9.17) is 23.2 Å². The van der Waals surface area contributed by atoms with Gasteiger partial charge in [0.2, 0.25) is 0 Å². The maximum atomic E-state index is 13.2. The molecule has 0 saturated carbocycles. The van der Waals surface area contributed by atoms with E-state index in [0.29, 0.717) is 16.1 Å². The van der Waals surface area contributed by atoms with E-state index >= 15 is 0 Å². The van der Waals surface area contributed by atoms with Crippen molar-refractivity contribution in [1.82, 2.24) is 14.8 Å². The third-order valence-corrected chi connectivity index (χ3v) is 8.00. The summed E-state index contributed by atoms with van der Waals surface area (Å²) in [6.45, 7) is 6.02. The van der Waals surface area contributed by atoms with Gasteiger partial charge in [0.1, 0.15) is 9.88 Å². The molecule has 156 valence electrons. The summed E-state index contributed by atoms with van der Waals surface area (Å²) in [6, 6.07) is 6.10. The number of thiazole rings is 1. The molecule has 4 rings (SSSR count). The number of aromatic nitrogens is 1. The van der Waals surface area contributed by atoms with Gasteiger partial charge < -0.3 is 9.80 Å². The number of hydrogen-bond donors (Lipinski definition) is 0. The molecular weight excluding hydrogens is 425 g/mol. The van der Waals surface area contributed by atoms with Crippen LogP contribution in [0.4, 0.5) is 0 Å². The maximum absolute atomic E-state index is 13.2. The largest absolute Gasteiger partial charge is 0.338 e. The van der Waals surface area contributed by atoms with Crippen molar-refractivity contribution >= 4 is 40.4 Å². The third-order valence-electron chi connectivity index (χ3n) is 6.07. The van der Waals surface area contributed by atoms with Crippen LogP contribution >= 0.6 is 34.5 Å². The topological polar surface area (TPSA) is 36.4 Å². The summed E-state index contributed by atoms with van der Waals surface area (Å²) in [5.74, 6) is 0.112. The zero-order chi connectivity index (χ0) is 20.4. The average molecular weight is 452 g/mol. The predicted octanol–water partition coefficient (Wildman–Crippen LogP) is 5.91. The average Bonchev–Trinajstić information content (AvgIpc) is 2.93. The molecule has 1 aromatic carbocycles. The molecular formula is C22H27Cl2N3OS. The van der Waals surface area contributed by atoms with Gasteiger partial charge in [-0.25, -0.2) is 4.98 Å². The summed E-state index contributed by atoms with van der Waals surface area (Å²) in [4.78, 5) is 23.2. The number of likely N-dealkylation sites (tertiary alicyclic amines) is 2. The van der Waals surface area contributed by atoms with Crippen LogP contribution in [-0.4, -0.2) is 52.9 Å². The summed E-state index contributed by atoms with van der Waals surface area (Å²) < 4.78 is 0. The molecule has 1 aromatic heterocycles. The Morgan fingerprint density at radius 1 is 1.03 bits per heavy atom. The van der Waals surface area contributed by atoms with Gasteiger partial charge >= 0.3 is 0 Å². The summed E-state index contributed by atoms with van der Waals surface area (Å²) in [6.07, 6.45) is 7.50. The van der Waals surface area contributed by atoms with Gasteiger partial charge in [-0.05, 0) is 57.8 Å². The number of halogens is 2. The highest BCUT2D eigenvalue weighted by molar-refractivity contribution is 7.17. The van der Waals surface area contributed by atoms with Crippen molar-refractivity contribution in [2.24, 2.45) is 0 Å². The van der Waals surface area contributed by atoms with E-state index in [1.54, 1.807) is 6.07 Å². The summed E-state index contributed by atoms with van der Waals surface area (Å²) in [5, 5.41) is 1.83. The van der Waals surface area contributed by atoms with Crippen LogP contribution in [0, 0.1) is 6.92 Å². The Balaban J connectivity index is 1.42. The fourth-order valence-electron chi connectivity index (χ4n) is 4.39. The van der Waals surface area contributed by atoms with Crippen molar-refractivity contribution in [3.63, 3.8) is 0 Å². The number of carbonyl (C=O) groups is 1. The van der Waals surface area contributed by atoms with Gasteiger partial charge in [-0.15, -0.1) is 11.3 Å². The quantitative estimate of drug-likeness (QED) is 0.581. The highest BCUT2D eigenvalue weighted by atomic mass is 35.5. The van der Waals surface area contributed by atoms with Crippen LogP contribution in [0.1, 0.15) is 53.9 Å². The molecule has 0 spiro atoms. The Labute approximate surface area is 186 Å². The number of benzene rings is 1.